The number of aromatic nitrogens is 2. The van der Waals surface area contributed by atoms with Crippen molar-refractivity contribution in [3.05, 3.63) is 17.2 Å². The minimum Gasteiger partial charge on any atom is -0.388 e. The highest BCUT2D eigenvalue weighted by Gasteiger charge is 2.18. The quantitative estimate of drug-likeness (QED) is 0.725. The topological polar surface area (TPSA) is 64.1 Å². The van der Waals surface area contributed by atoms with Gasteiger partial charge in [0.25, 0.3) is 0 Å². The molecular weight excluding hydrogens is 178 g/mol. The molecule has 0 spiro atoms. The fraction of sp³-hybridized carbons (Fsp3) is 0.700. The highest BCUT2D eigenvalue weighted by molar-refractivity contribution is 5.20. The molecule has 0 atom stereocenters. The molecule has 3 N–H and O–H groups in total. The third-order valence-electron chi connectivity index (χ3n) is 2.81. The molecule has 2 rings (SSSR count). The smallest absolute Gasteiger partial charge is 0.135 e. The second-order valence-corrected chi connectivity index (χ2v) is 3.73. The second kappa shape index (κ2) is 4.11. The van der Waals surface area contributed by atoms with Gasteiger partial charge in [0.2, 0.25) is 0 Å². The fourth-order valence-electron chi connectivity index (χ4n) is 2.17. The van der Waals surface area contributed by atoms with E-state index in [1.165, 1.54) is 24.2 Å². The lowest BCUT2D eigenvalue weighted by atomic mass is 10.0. The first kappa shape index (κ1) is 9.68. The maximum Gasteiger partial charge on any atom is 0.135 e. The Kier molecular flexibility index (Phi) is 2.84. The third-order valence-corrected chi connectivity index (χ3v) is 2.81. The molecule has 4 heteroatoms. The van der Waals surface area contributed by atoms with E-state index >= 15 is 0 Å². The molecule has 1 aliphatic carbocycles. The molecule has 0 fully saturated rings. The lowest BCUT2D eigenvalue weighted by Crippen LogP contribution is -2.16. The van der Waals surface area contributed by atoms with Gasteiger partial charge < -0.3 is 15.4 Å². The number of imidazole rings is 1. The van der Waals surface area contributed by atoms with Gasteiger partial charge in [-0.1, -0.05) is 0 Å². The lowest BCUT2D eigenvalue weighted by molar-refractivity contribution is 0.264. The molecule has 0 unspecified atom stereocenters. The molecule has 0 radical (unpaired) electrons. The summed E-state index contributed by atoms with van der Waals surface area (Å²) in [5.74, 6) is 0.780. The number of hydrogen-bond donors (Lipinski definition) is 2. The van der Waals surface area contributed by atoms with Gasteiger partial charge in [0.05, 0.1) is 5.69 Å². The van der Waals surface area contributed by atoms with Gasteiger partial charge in [-0.3, -0.25) is 0 Å². The minimum atomic E-state index is 0.0208. The number of rotatable bonds is 3. The largest absolute Gasteiger partial charge is 0.388 e. The summed E-state index contributed by atoms with van der Waals surface area (Å²) in [6.45, 7) is 1.40. The van der Waals surface area contributed by atoms with Gasteiger partial charge in [0.15, 0.2) is 0 Å². The van der Waals surface area contributed by atoms with Crippen molar-refractivity contribution in [3.8, 4) is 0 Å². The Hall–Kier alpha value is -0.870. The van der Waals surface area contributed by atoms with Gasteiger partial charge in [-0.15, -0.1) is 0 Å². The van der Waals surface area contributed by atoms with Crippen LogP contribution < -0.4 is 5.73 Å². The van der Waals surface area contributed by atoms with Gasteiger partial charge in [0, 0.05) is 18.8 Å². The van der Waals surface area contributed by atoms with Crippen LogP contribution in [0.15, 0.2) is 0 Å². The first-order chi connectivity index (χ1) is 6.86. The molecule has 4 nitrogen and oxygen atoms in total. The zero-order valence-corrected chi connectivity index (χ0v) is 8.37. The maximum atomic E-state index is 9.17. The van der Waals surface area contributed by atoms with E-state index in [9.17, 15) is 5.11 Å². The summed E-state index contributed by atoms with van der Waals surface area (Å²) < 4.78 is 2.09. The van der Waals surface area contributed by atoms with Crippen molar-refractivity contribution in [2.24, 2.45) is 5.73 Å². The van der Waals surface area contributed by atoms with Crippen molar-refractivity contribution in [1.82, 2.24) is 9.55 Å². The van der Waals surface area contributed by atoms with Crippen LogP contribution in [0.25, 0.3) is 0 Å². The standard InChI is InChI=1S/C10H17N3O/c11-5-6-13-9-4-2-1-3-8(9)12-10(13)7-14/h14H,1-7,11H2. The fourth-order valence-corrected chi connectivity index (χ4v) is 2.17. The van der Waals surface area contributed by atoms with Gasteiger partial charge in [-0.05, 0) is 25.7 Å². The van der Waals surface area contributed by atoms with E-state index in [0.29, 0.717) is 6.54 Å². The molecule has 1 aliphatic rings. The Morgan fingerprint density at radius 1 is 1.36 bits per heavy atom. The Morgan fingerprint density at radius 3 is 2.86 bits per heavy atom. The number of aliphatic hydroxyl groups is 1. The Labute approximate surface area is 83.8 Å². The van der Waals surface area contributed by atoms with Crippen molar-refractivity contribution < 1.29 is 5.11 Å². The van der Waals surface area contributed by atoms with E-state index in [0.717, 1.165) is 25.2 Å². The van der Waals surface area contributed by atoms with Crippen LogP contribution in [0, 0.1) is 0 Å². The number of fused-ring (bicyclic) bond motifs is 1. The molecule has 1 aromatic rings. The summed E-state index contributed by atoms with van der Waals surface area (Å²) in [5.41, 5.74) is 8.02. The zero-order valence-electron chi connectivity index (χ0n) is 8.37. The highest BCUT2D eigenvalue weighted by Crippen LogP contribution is 2.22. The maximum absolute atomic E-state index is 9.17. The summed E-state index contributed by atoms with van der Waals surface area (Å²) in [4.78, 5) is 4.45. The molecule has 0 saturated carbocycles. The highest BCUT2D eigenvalue weighted by atomic mass is 16.3. The van der Waals surface area contributed by atoms with Crippen LogP contribution in [0.5, 0.6) is 0 Å². The van der Waals surface area contributed by atoms with Crippen LogP contribution in [0.1, 0.15) is 30.1 Å². The van der Waals surface area contributed by atoms with E-state index < -0.39 is 0 Å². The molecule has 0 aliphatic heterocycles. The van der Waals surface area contributed by atoms with Crippen LogP contribution in [0.2, 0.25) is 0 Å². The van der Waals surface area contributed by atoms with E-state index in [-0.39, 0.29) is 6.61 Å². The summed E-state index contributed by atoms with van der Waals surface area (Å²) >= 11 is 0. The van der Waals surface area contributed by atoms with Crippen molar-refractivity contribution in [2.75, 3.05) is 6.54 Å². The Balaban J connectivity index is 2.37. The van der Waals surface area contributed by atoms with Crippen LogP contribution in [0.4, 0.5) is 0 Å². The van der Waals surface area contributed by atoms with Crippen molar-refractivity contribution in [2.45, 2.75) is 38.8 Å². The van der Waals surface area contributed by atoms with Crippen molar-refractivity contribution in [3.63, 3.8) is 0 Å². The van der Waals surface area contributed by atoms with Gasteiger partial charge in [-0.2, -0.15) is 0 Å². The van der Waals surface area contributed by atoms with E-state index in [4.69, 9.17) is 5.73 Å². The van der Waals surface area contributed by atoms with Crippen molar-refractivity contribution in [1.29, 1.82) is 0 Å². The molecule has 0 amide bonds. The molecule has 0 saturated heterocycles. The van der Waals surface area contributed by atoms with Crippen molar-refractivity contribution >= 4 is 0 Å². The Bertz CT molecular complexity index is 319. The van der Waals surface area contributed by atoms with Crippen LogP contribution in [0.3, 0.4) is 0 Å². The summed E-state index contributed by atoms with van der Waals surface area (Å²) in [6.07, 6.45) is 4.59. The van der Waals surface area contributed by atoms with Gasteiger partial charge in [-0.25, -0.2) is 4.98 Å². The predicted molar refractivity (Wildman–Crippen MR) is 53.8 cm³/mol. The lowest BCUT2D eigenvalue weighted by Gasteiger charge is -2.14. The zero-order chi connectivity index (χ0) is 9.97. The molecular formula is C10H17N3O. The summed E-state index contributed by atoms with van der Waals surface area (Å²) in [5, 5.41) is 9.17. The SMILES string of the molecule is NCCn1c(CO)nc2c1CCCC2. The van der Waals surface area contributed by atoms with Crippen LogP contribution in [-0.4, -0.2) is 21.2 Å². The number of aryl methyl sites for hydroxylation is 1. The van der Waals surface area contributed by atoms with E-state index in [1.54, 1.807) is 0 Å². The average molecular weight is 195 g/mol. The van der Waals surface area contributed by atoms with E-state index in [1.807, 2.05) is 0 Å². The summed E-state index contributed by atoms with van der Waals surface area (Å²) in [6, 6.07) is 0. The molecule has 14 heavy (non-hydrogen) atoms. The normalized spacial score (nSPS) is 15.6. The molecule has 0 bridgehead atoms. The predicted octanol–water partition coefficient (Wildman–Crippen LogP) is 0.213. The number of nitrogens with zero attached hydrogens (tertiary/aromatic N) is 2. The van der Waals surface area contributed by atoms with E-state index in [2.05, 4.69) is 9.55 Å². The molecule has 0 aromatic carbocycles. The Morgan fingerprint density at radius 2 is 2.14 bits per heavy atom. The molecule has 78 valence electrons. The number of aliphatic hydroxyl groups excluding tert-OH is 1. The van der Waals surface area contributed by atoms with Gasteiger partial charge >= 0.3 is 0 Å². The third kappa shape index (κ3) is 1.55. The molecule has 1 aromatic heterocycles. The summed E-state index contributed by atoms with van der Waals surface area (Å²) in [7, 11) is 0. The molecule has 1 heterocycles. The van der Waals surface area contributed by atoms with Gasteiger partial charge in [0.1, 0.15) is 12.4 Å². The number of nitrogens with two attached hydrogens (primary N) is 1. The van der Waals surface area contributed by atoms with Crippen LogP contribution in [-0.2, 0) is 26.0 Å². The first-order valence-electron chi connectivity index (χ1n) is 5.25. The second-order valence-electron chi connectivity index (χ2n) is 3.73. The number of hydrogen-bond acceptors (Lipinski definition) is 3. The van der Waals surface area contributed by atoms with Crippen LogP contribution >= 0.6 is 0 Å². The average Bonchev–Trinajstić information content (AvgIpc) is 2.58. The monoisotopic (exact) mass is 195 g/mol. The minimum absolute atomic E-state index is 0.0208. The first-order valence-corrected chi connectivity index (χ1v) is 5.25.